The Morgan fingerprint density at radius 3 is 1.80 bits per heavy atom. The van der Waals surface area contributed by atoms with E-state index < -0.39 is 7.14 Å². The van der Waals surface area contributed by atoms with Crippen molar-refractivity contribution in [2.45, 2.75) is 20.8 Å². The Bertz CT molecular complexity index is 423. The molecule has 0 saturated carbocycles. The first-order valence-electron chi connectivity index (χ1n) is 4.89. The highest BCUT2D eigenvalue weighted by Crippen LogP contribution is 2.48. The average Bonchev–Trinajstić information content (AvgIpc) is 2.15. The average molecular weight is 220 g/mol. The molecule has 0 aliphatic heterocycles. The summed E-state index contributed by atoms with van der Waals surface area (Å²) < 4.78 is 12.5. The van der Waals surface area contributed by atoms with E-state index in [1.807, 2.05) is 32.9 Å². The molecular weight excluding hydrogens is 203 g/mol. The van der Waals surface area contributed by atoms with Gasteiger partial charge in [-0.05, 0) is 43.5 Å². The smallest absolute Gasteiger partial charge is 0.156 e. The third-order valence-electron chi connectivity index (χ3n) is 2.53. The summed E-state index contributed by atoms with van der Waals surface area (Å²) in [5.74, 6) is 3.04. The zero-order valence-corrected chi connectivity index (χ0v) is 10.5. The Balaban J connectivity index is 3.57. The zero-order chi connectivity index (χ0) is 11.6. The van der Waals surface area contributed by atoms with E-state index >= 15 is 0 Å². The van der Waals surface area contributed by atoms with Gasteiger partial charge in [0.1, 0.15) is 0 Å². The fraction of sp³-hybridized carbons (Fsp3) is 0.231. The minimum atomic E-state index is -2.60. The number of benzene rings is 1. The van der Waals surface area contributed by atoms with Crippen molar-refractivity contribution in [1.29, 1.82) is 0 Å². The van der Waals surface area contributed by atoms with Gasteiger partial charge in [0, 0.05) is 5.30 Å². The first-order chi connectivity index (χ1) is 6.94. The van der Waals surface area contributed by atoms with Gasteiger partial charge in [-0.1, -0.05) is 30.9 Å². The standard InChI is InChI=1S/C13H17OP/c1-6-15(14,7-2)13-11(4)8-10(3)9-12(13)5/h6-9H,1-2H2,3-5H3. The summed E-state index contributed by atoms with van der Waals surface area (Å²) in [4.78, 5) is 0. The van der Waals surface area contributed by atoms with Crippen LogP contribution in [-0.2, 0) is 4.57 Å². The second kappa shape index (κ2) is 4.20. The summed E-state index contributed by atoms with van der Waals surface area (Å²) in [6.07, 6.45) is 0. The lowest BCUT2D eigenvalue weighted by molar-refractivity contribution is 0.591. The third kappa shape index (κ3) is 2.13. The first kappa shape index (κ1) is 12.0. The Kier molecular flexibility index (Phi) is 3.36. The van der Waals surface area contributed by atoms with Crippen LogP contribution in [0.1, 0.15) is 16.7 Å². The second-order valence-electron chi connectivity index (χ2n) is 3.82. The van der Waals surface area contributed by atoms with Crippen molar-refractivity contribution in [1.82, 2.24) is 0 Å². The van der Waals surface area contributed by atoms with E-state index in [1.54, 1.807) is 0 Å². The van der Waals surface area contributed by atoms with E-state index in [0.29, 0.717) is 0 Å². The van der Waals surface area contributed by atoms with Crippen LogP contribution in [0.15, 0.2) is 36.9 Å². The van der Waals surface area contributed by atoms with Crippen LogP contribution in [-0.4, -0.2) is 0 Å². The van der Waals surface area contributed by atoms with Crippen LogP contribution >= 0.6 is 7.14 Å². The van der Waals surface area contributed by atoms with Crippen LogP contribution in [0.25, 0.3) is 0 Å². The van der Waals surface area contributed by atoms with Crippen molar-refractivity contribution >= 4 is 12.4 Å². The fourth-order valence-electron chi connectivity index (χ4n) is 1.98. The summed E-state index contributed by atoms with van der Waals surface area (Å²) >= 11 is 0. The third-order valence-corrected chi connectivity index (χ3v) is 5.02. The van der Waals surface area contributed by atoms with Crippen LogP contribution in [0.2, 0.25) is 0 Å². The molecule has 1 aromatic carbocycles. The van der Waals surface area contributed by atoms with Gasteiger partial charge in [0.25, 0.3) is 0 Å². The molecule has 1 aromatic rings. The minimum absolute atomic E-state index is 0.887. The van der Waals surface area contributed by atoms with E-state index in [-0.39, 0.29) is 0 Å². The molecule has 0 fully saturated rings. The fourth-order valence-corrected chi connectivity index (χ4v) is 3.73. The van der Waals surface area contributed by atoms with Gasteiger partial charge in [0.15, 0.2) is 7.14 Å². The molecule has 0 saturated heterocycles. The van der Waals surface area contributed by atoms with Crippen molar-refractivity contribution in [2.24, 2.45) is 0 Å². The lowest BCUT2D eigenvalue weighted by Gasteiger charge is -2.16. The molecule has 0 aliphatic carbocycles. The monoisotopic (exact) mass is 220 g/mol. The number of rotatable bonds is 3. The number of aryl methyl sites for hydroxylation is 3. The first-order valence-corrected chi connectivity index (χ1v) is 6.74. The Hall–Kier alpha value is -1.07. The van der Waals surface area contributed by atoms with E-state index in [1.165, 1.54) is 17.2 Å². The molecule has 15 heavy (non-hydrogen) atoms. The normalized spacial score (nSPS) is 11.1. The van der Waals surface area contributed by atoms with E-state index in [4.69, 9.17) is 0 Å². The molecule has 2 heteroatoms. The number of hydrogen-bond acceptors (Lipinski definition) is 1. The highest BCUT2D eigenvalue weighted by atomic mass is 31.2. The van der Waals surface area contributed by atoms with Gasteiger partial charge in [-0.25, -0.2) is 0 Å². The predicted molar refractivity (Wildman–Crippen MR) is 68.3 cm³/mol. The van der Waals surface area contributed by atoms with Gasteiger partial charge in [0.2, 0.25) is 0 Å². The van der Waals surface area contributed by atoms with Crippen LogP contribution < -0.4 is 5.30 Å². The molecule has 0 bridgehead atoms. The molecule has 0 N–H and O–H groups in total. The molecule has 0 radical (unpaired) electrons. The van der Waals surface area contributed by atoms with Crippen LogP contribution in [0.3, 0.4) is 0 Å². The molecule has 0 amide bonds. The Labute approximate surface area is 91.9 Å². The molecule has 80 valence electrons. The molecule has 0 heterocycles. The van der Waals surface area contributed by atoms with Gasteiger partial charge in [-0.2, -0.15) is 0 Å². The highest BCUT2D eigenvalue weighted by Gasteiger charge is 2.20. The highest BCUT2D eigenvalue weighted by molar-refractivity contribution is 7.77. The zero-order valence-electron chi connectivity index (χ0n) is 9.58. The summed E-state index contributed by atoms with van der Waals surface area (Å²) in [5.41, 5.74) is 3.29. The number of hydrogen-bond donors (Lipinski definition) is 0. The van der Waals surface area contributed by atoms with Crippen LogP contribution in [0.5, 0.6) is 0 Å². The molecular formula is C13H17OP. The quantitative estimate of drug-likeness (QED) is 0.706. The molecule has 0 aliphatic rings. The van der Waals surface area contributed by atoms with Crippen molar-refractivity contribution in [3.8, 4) is 0 Å². The summed E-state index contributed by atoms with van der Waals surface area (Å²) in [6, 6.07) is 4.09. The van der Waals surface area contributed by atoms with Crippen molar-refractivity contribution in [3.05, 3.63) is 53.6 Å². The van der Waals surface area contributed by atoms with Gasteiger partial charge in [-0.3, -0.25) is 0 Å². The molecule has 0 unspecified atom stereocenters. The molecule has 0 spiro atoms. The van der Waals surface area contributed by atoms with E-state index in [0.717, 1.165) is 16.4 Å². The second-order valence-corrected chi connectivity index (χ2v) is 6.42. The summed E-state index contributed by atoms with van der Waals surface area (Å²) in [7, 11) is -2.60. The van der Waals surface area contributed by atoms with Crippen molar-refractivity contribution < 1.29 is 4.57 Å². The molecule has 0 atom stereocenters. The molecule has 1 nitrogen and oxygen atoms in total. The predicted octanol–water partition coefficient (Wildman–Crippen LogP) is 3.89. The van der Waals surface area contributed by atoms with Crippen molar-refractivity contribution in [2.75, 3.05) is 0 Å². The largest absolute Gasteiger partial charge is 0.310 e. The SMILES string of the molecule is C=CP(=O)(C=C)c1c(C)cc(C)cc1C. The van der Waals surface area contributed by atoms with Crippen LogP contribution in [0, 0.1) is 20.8 Å². The maximum absolute atomic E-state index is 12.5. The van der Waals surface area contributed by atoms with Gasteiger partial charge < -0.3 is 4.57 Å². The lowest BCUT2D eigenvalue weighted by Crippen LogP contribution is -2.11. The van der Waals surface area contributed by atoms with Gasteiger partial charge in [-0.15, -0.1) is 0 Å². The molecule has 0 aromatic heterocycles. The van der Waals surface area contributed by atoms with E-state index in [9.17, 15) is 4.57 Å². The van der Waals surface area contributed by atoms with Gasteiger partial charge >= 0.3 is 0 Å². The Morgan fingerprint density at radius 2 is 1.47 bits per heavy atom. The van der Waals surface area contributed by atoms with Gasteiger partial charge in [0.05, 0.1) is 0 Å². The van der Waals surface area contributed by atoms with Crippen molar-refractivity contribution in [3.63, 3.8) is 0 Å². The Morgan fingerprint density at radius 1 is 1.07 bits per heavy atom. The summed E-state index contributed by atoms with van der Waals surface area (Å²) in [6.45, 7) is 13.3. The lowest BCUT2D eigenvalue weighted by atomic mass is 10.1. The summed E-state index contributed by atoms with van der Waals surface area (Å²) in [5, 5.41) is 0.887. The molecule has 1 rings (SSSR count). The minimum Gasteiger partial charge on any atom is -0.310 e. The van der Waals surface area contributed by atoms with E-state index in [2.05, 4.69) is 13.2 Å². The van der Waals surface area contributed by atoms with Crippen LogP contribution in [0.4, 0.5) is 0 Å². The topological polar surface area (TPSA) is 17.1 Å². The maximum Gasteiger partial charge on any atom is 0.156 e. The maximum atomic E-state index is 12.5.